The minimum Gasteiger partial charge on any atom is -0.312 e. The Morgan fingerprint density at radius 2 is 1.76 bits per heavy atom. The normalized spacial score (nSPS) is 32.9. The van der Waals surface area contributed by atoms with E-state index in [0.29, 0.717) is 0 Å². The number of rotatable bonds is 5. The first kappa shape index (κ1) is 17.2. The summed E-state index contributed by atoms with van der Waals surface area (Å²) in [7, 11) is 4.50. The van der Waals surface area contributed by atoms with E-state index in [0.717, 1.165) is 18.1 Å². The molecule has 1 N–H and O–H groups in total. The van der Waals surface area contributed by atoms with E-state index in [1.165, 1.54) is 77.4 Å². The van der Waals surface area contributed by atoms with Gasteiger partial charge < -0.3 is 10.2 Å². The highest BCUT2D eigenvalue weighted by molar-refractivity contribution is 4.90. The van der Waals surface area contributed by atoms with E-state index >= 15 is 0 Å². The van der Waals surface area contributed by atoms with E-state index in [1.807, 2.05) is 0 Å². The highest BCUT2D eigenvalue weighted by Crippen LogP contribution is 2.25. The van der Waals surface area contributed by atoms with Crippen molar-refractivity contribution in [2.45, 2.75) is 82.8 Å². The van der Waals surface area contributed by atoms with Crippen molar-refractivity contribution in [3.05, 3.63) is 0 Å². The van der Waals surface area contributed by atoms with Gasteiger partial charge in [0.25, 0.3) is 0 Å². The van der Waals surface area contributed by atoms with Crippen molar-refractivity contribution >= 4 is 0 Å². The second-order valence-electron chi connectivity index (χ2n) is 7.37. The number of likely N-dealkylation sites (tertiary alicyclic amines) is 1. The molecule has 0 radical (unpaired) electrons. The molecule has 3 unspecified atom stereocenters. The van der Waals surface area contributed by atoms with Gasteiger partial charge in [0.05, 0.1) is 0 Å². The maximum atomic E-state index is 3.88. The Morgan fingerprint density at radius 1 is 1.00 bits per heavy atom. The molecule has 3 heteroatoms. The third-order valence-electron chi connectivity index (χ3n) is 5.51. The lowest BCUT2D eigenvalue weighted by atomic mass is 9.89. The third kappa shape index (κ3) is 5.22. The van der Waals surface area contributed by atoms with Gasteiger partial charge in [-0.1, -0.05) is 32.6 Å². The van der Waals surface area contributed by atoms with Gasteiger partial charge in [0.2, 0.25) is 0 Å². The molecule has 1 saturated carbocycles. The Labute approximate surface area is 132 Å². The predicted octanol–water partition coefficient (Wildman–Crippen LogP) is 3.10. The van der Waals surface area contributed by atoms with Crippen LogP contribution < -0.4 is 5.32 Å². The largest absolute Gasteiger partial charge is 0.312 e. The molecule has 0 aromatic rings. The fourth-order valence-corrected chi connectivity index (χ4v) is 4.18. The van der Waals surface area contributed by atoms with Crippen LogP contribution in [0.2, 0.25) is 0 Å². The summed E-state index contributed by atoms with van der Waals surface area (Å²) in [5.74, 6) is 0. The minimum atomic E-state index is 0.728. The zero-order valence-electron chi connectivity index (χ0n) is 14.6. The summed E-state index contributed by atoms with van der Waals surface area (Å²) in [4.78, 5) is 5.26. The summed E-state index contributed by atoms with van der Waals surface area (Å²) in [6.45, 7) is 6.07. The van der Waals surface area contributed by atoms with Crippen LogP contribution in [0.1, 0.15) is 64.7 Å². The first-order valence-electron chi connectivity index (χ1n) is 9.36. The zero-order valence-corrected chi connectivity index (χ0v) is 14.6. The molecule has 2 aliphatic rings. The van der Waals surface area contributed by atoms with Crippen LogP contribution in [0.4, 0.5) is 0 Å². The summed E-state index contributed by atoms with van der Waals surface area (Å²) in [5, 5.41) is 3.88. The predicted molar refractivity (Wildman–Crippen MR) is 91.9 cm³/mol. The fraction of sp³-hybridized carbons (Fsp3) is 1.00. The number of hydrogen-bond donors (Lipinski definition) is 1. The quantitative estimate of drug-likeness (QED) is 0.841. The van der Waals surface area contributed by atoms with Gasteiger partial charge in [-0.2, -0.15) is 0 Å². The van der Waals surface area contributed by atoms with E-state index in [9.17, 15) is 0 Å². The fourth-order valence-electron chi connectivity index (χ4n) is 4.18. The number of likely N-dealkylation sites (N-methyl/N-ethyl adjacent to an activating group) is 1. The van der Waals surface area contributed by atoms with Gasteiger partial charge >= 0.3 is 0 Å². The van der Waals surface area contributed by atoms with Gasteiger partial charge in [-0.3, -0.25) is 4.90 Å². The van der Waals surface area contributed by atoms with Crippen molar-refractivity contribution in [3.8, 4) is 0 Å². The first-order chi connectivity index (χ1) is 10.2. The lowest BCUT2D eigenvalue weighted by molar-refractivity contribution is 0.0671. The second kappa shape index (κ2) is 9.12. The molecule has 0 aromatic carbocycles. The summed E-state index contributed by atoms with van der Waals surface area (Å²) >= 11 is 0. The van der Waals surface area contributed by atoms with Crippen molar-refractivity contribution in [3.63, 3.8) is 0 Å². The average molecular weight is 296 g/mol. The highest BCUT2D eigenvalue weighted by atomic mass is 15.2. The van der Waals surface area contributed by atoms with Crippen LogP contribution in [-0.4, -0.2) is 61.7 Å². The molecule has 124 valence electrons. The van der Waals surface area contributed by atoms with Gasteiger partial charge in [-0.15, -0.1) is 0 Å². The van der Waals surface area contributed by atoms with Crippen molar-refractivity contribution < 1.29 is 0 Å². The summed E-state index contributed by atoms with van der Waals surface area (Å²) in [6.07, 6.45) is 12.5. The minimum absolute atomic E-state index is 0.728. The zero-order chi connectivity index (χ0) is 15.1. The van der Waals surface area contributed by atoms with E-state index in [4.69, 9.17) is 0 Å². The highest BCUT2D eigenvalue weighted by Gasteiger charge is 2.31. The molecule has 1 saturated heterocycles. The van der Waals surface area contributed by atoms with Crippen LogP contribution in [0.5, 0.6) is 0 Å². The van der Waals surface area contributed by atoms with E-state index in [1.54, 1.807) is 0 Å². The smallest absolute Gasteiger partial charge is 0.0250 e. The Balaban J connectivity index is 1.99. The molecule has 0 bridgehead atoms. The Kier molecular flexibility index (Phi) is 7.48. The summed E-state index contributed by atoms with van der Waals surface area (Å²) in [5.41, 5.74) is 0. The Morgan fingerprint density at radius 3 is 2.48 bits per heavy atom. The van der Waals surface area contributed by atoms with Crippen LogP contribution in [0, 0.1) is 0 Å². The molecule has 0 aromatic heterocycles. The molecule has 0 spiro atoms. The van der Waals surface area contributed by atoms with Crippen LogP contribution >= 0.6 is 0 Å². The molecular weight excluding hydrogens is 258 g/mol. The topological polar surface area (TPSA) is 18.5 Å². The van der Waals surface area contributed by atoms with Gasteiger partial charge in [0, 0.05) is 24.7 Å². The molecule has 3 atom stereocenters. The molecule has 3 nitrogen and oxygen atoms in total. The van der Waals surface area contributed by atoms with E-state index in [2.05, 4.69) is 36.1 Å². The van der Waals surface area contributed by atoms with Gasteiger partial charge in [0.1, 0.15) is 0 Å². The number of nitrogens with zero attached hydrogens (tertiary/aromatic N) is 2. The van der Waals surface area contributed by atoms with Crippen LogP contribution in [0.15, 0.2) is 0 Å². The lowest BCUT2D eigenvalue weighted by Crippen LogP contribution is -2.56. The SMILES string of the molecule is CCCNC1CCCCCCC1N1CCCC(N(C)C)C1. The average Bonchev–Trinajstić information content (AvgIpc) is 2.46. The number of nitrogens with one attached hydrogen (secondary N) is 1. The maximum Gasteiger partial charge on any atom is 0.0250 e. The molecule has 1 aliphatic carbocycles. The van der Waals surface area contributed by atoms with Crippen molar-refractivity contribution in [1.82, 2.24) is 15.1 Å². The maximum absolute atomic E-state index is 3.88. The van der Waals surface area contributed by atoms with Crippen molar-refractivity contribution in [2.24, 2.45) is 0 Å². The third-order valence-corrected chi connectivity index (χ3v) is 5.51. The van der Waals surface area contributed by atoms with Crippen molar-refractivity contribution in [2.75, 3.05) is 33.7 Å². The Hall–Kier alpha value is -0.120. The van der Waals surface area contributed by atoms with Gasteiger partial charge in [0.15, 0.2) is 0 Å². The summed E-state index contributed by atoms with van der Waals surface area (Å²) < 4.78 is 0. The standard InChI is InChI=1S/C18H37N3/c1-4-13-19-17-11-7-5-6-8-12-18(17)21-14-9-10-16(15-21)20(2)3/h16-19H,4-15H2,1-3H3. The monoisotopic (exact) mass is 295 g/mol. The molecule has 21 heavy (non-hydrogen) atoms. The Bertz CT molecular complexity index is 278. The lowest BCUT2D eigenvalue weighted by Gasteiger charge is -2.44. The van der Waals surface area contributed by atoms with Crippen LogP contribution in [0.25, 0.3) is 0 Å². The molecule has 2 fully saturated rings. The van der Waals surface area contributed by atoms with Gasteiger partial charge in [-0.25, -0.2) is 0 Å². The van der Waals surface area contributed by atoms with Crippen LogP contribution in [0.3, 0.4) is 0 Å². The molecule has 0 amide bonds. The molecule has 1 heterocycles. The molecular formula is C18H37N3. The number of hydrogen-bond acceptors (Lipinski definition) is 3. The molecule has 1 aliphatic heterocycles. The van der Waals surface area contributed by atoms with Crippen LogP contribution in [-0.2, 0) is 0 Å². The summed E-state index contributed by atoms with van der Waals surface area (Å²) in [6, 6.07) is 2.27. The van der Waals surface area contributed by atoms with E-state index < -0.39 is 0 Å². The van der Waals surface area contributed by atoms with Crippen molar-refractivity contribution in [1.29, 1.82) is 0 Å². The van der Waals surface area contributed by atoms with Gasteiger partial charge in [-0.05, 0) is 59.3 Å². The van der Waals surface area contributed by atoms with E-state index in [-0.39, 0.29) is 0 Å². The first-order valence-corrected chi connectivity index (χ1v) is 9.36. The number of piperidine rings is 1. The second-order valence-corrected chi connectivity index (χ2v) is 7.37. The molecule has 2 rings (SSSR count).